The first-order valence-electron chi connectivity index (χ1n) is 7.15. The number of ether oxygens (including phenoxy) is 1. The van der Waals surface area contributed by atoms with Crippen molar-refractivity contribution in [3.8, 4) is 5.75 Å². The molecule has 0 aliphatic heterocycles. The summed E-state index contributed by atoms with van der Waals surface area (Å²) < 4.78 is 5.31. The summed E-state index contributed by atoms with van der Waals surface area (Å²) in [7, 11) is 0. The number of hydrogen-bond acceptors (Lipinski definition) is 3. The van der Waals surface area contributed by atoms with Crippen molar-refractivity contribution >= 4 is 29.1 Å². The number of benzene rings is 2. The Labute approximate surface area is 139 Å². The molecule has 0 fully saturated rings. The number of amides is 2. The van der Waals surface area contributed by atoms with Gasteiger partial charge in [0.25, 0.3) is 5.91 Å². The molecule has 0 aliphatic rings. The first-order chi connectivity index (χ1) is 11.1. The van der Waals surface area contributed by atoms with E-state index in [2.05, 4.69) is 10.6 Å². The Hall–Kier alpha value is -2.53. The summed E-state index contributed by atoms with van der Waals surface area (Å²) >= 11 is 5.77. The smallest absolute Gasteiger partial charge is 0.251 e. The van der Waals surface area contributed by atoms with Gasteiger partial charge in [-0.1, -0.05) is 11.6 Å². The summed E-state index contributed by atoms with van der Waals surface area (Å²) in [5, 5.41) is 5.82. The third-order valence-electron chi connectivity index (χ3n) is 2.96. The van der Waals surface area contributed by atoms with Crippen molar-refractivity contribution < 1.29 is 14.3 Å². The molecule has 2 aromatic carbocycles. The maximum absolute atomic E-state index is 12.0. The van der Waals surface area contributed by atoms with Gasteiger partial charge < -0.3 is 15.4 Å². The van der Waals surface area contributed by atoms with E-state index in [4.69, 9.17) is 16.3 Å². The fourth-order valence-electron chi connectivity index (χ4n) is 1.87. The molecule has 0 spiro atoms. The SMILES string of the molecule is CCOc1ccc(C(=O)NCC(=O)Nc2ccc(Cl)cc2)cc1. The standard InChI is InChI=1S/C17H17ClN2O3/c1-2-23-15-9-3-12(4-10-15)17(22)19-11-16(21)20-14-7-5-13(18)6-8-14/h3-10H,2,11H2,1H3,(H,19,22)(H,20,21). The molecule has 0 heterocycles. The highest BCUT2D eigenvalue weighted by atomic mass is 35.5. The average Bonchev–Trinajstić information content (AvgIpc) is 2.56. The van der Waals surface area contributed by atoms with E-state index >= 15 is 0 Å². The topological polar surface area (TPSA) is 67.4 Å². The quantitative estimate of drug-likeness (QED) is 0.854. The number of rotatable bonds is 6. The second kappa shape index (κ2) is 8.19. The average molecular weight is 333 g/mol. The Morgan fingerprint density at radius 2 is 1.70 bits per heavy atom. The van der Waals surface area contributed by atoms with Crippen LogP contribution < -0.4 is 15.4 Å². The fraction of sp³-hybridized carbons (Fsp3) is 0.176. The normalized spacial score (nSPS) is 10.0. The van der Waals surface area contributed by atoms with Gasteiger partial charge in [0.2, 0.25) is 5.91 Å². The van der Waals surface area contributed by atoms with Crippen LogP contribution in [0.4, 0.5) is 5.69 Å². The Balaban J connectivity index is 1.83. The van der Waals surface area contributed by atoms with Crippen molar-refractivity contribution in [2.24, 2.45) is 0 Å². The molecule has 2 aromatic rings. The van der Waals surface area contributed by atoms with Crippen molar-refractivity contribution in [1.29, 1.82) is 0 Å². The van der Waals surface area contributed by atoms with Gasteiger partial charge in [0, 0.05) is 16.3 Å². The van der Waals surface area contributed by atoms with E-state index in [9.17, 15) is 9.59 Å². The molecule has 120 valence electrons. The van der Waals surface area contributed by atoms with E-state index in [1.165, 1.54) is 0 Å². The third kappa shape index (κ3) is 5.30. The zero-order valence-electron chi connectivity index (χ0n) is 12.6. The van der Waals surface area contributed by atoms with Gasteiger partial charge in [-0.2, -0.15) is 0 Å². The highest BCUT2D eigenvalue weighted by molar-refractivity contribution is 6.30. The minimum Gasteiger partial charge on any atom is -0.494 e. The number of nitrogens with one attached hydrogen (secondary N) is 2. The molecule has 0 unspecified atom stereocenters. The number of hydrogen-bond donors (Lipinski definition) is 2. The predicted molar refractivity (Wildman–Crippen MR) is 90.0 cm³/mol. The molecule has 2 rings (SSSR count). The van der Waals surface area contributed by atoms with E-state index in [1.54, 1.807) is 48.5 Å². The lowest BCUT2D eigenvalue weighted by Gasteiger charge is -2.08. The second-order valence-electron chi connectivity index (χ2n) is 4.70. The van der Waals surface area contributed by atoms with Crippen molar-refractivity contribution in [2.45, 2.75) is 6.92 Å². The van der Waals surface area contributed by atoms with Crippen LogP contribution in [0.3, 0.4) is 0 Å². The Kier molecular flexibility index (Phi) is 6.00. The monoisotopic (exact) mass is 332 g/mol. The van der Waals surface area contributed by atoms with Gasteiger partial charge in [0.15, 0.2) is 0 Å². The number of anilines is 1. The molecule has 23 heavy (non-hydrogen) atoms. The molecule has 5 nitrogen and oxygen atoms in total. The predicted octanol–water partition coefficient (Wildman–Crippen LogP) is 3.11. The summed E-state index contributed by atoms with van der Waals surface area (Å²) in [6, 6.07) is 13.5. The van der Waals surface area contributed by atoms with Gasteiger partial charge in [-0.25, -0.2) is 0 Å². The van der Waals surface area contributed by atoms with Crippen molar-refractivity contribution in [2.75, 3.05) is 18.5 Å². The Bertz CT molecular complexity index is 669. The van der Waals surface area contributed by atoms with E-state index in [1.807, 2.05) is 6.92 Å². The van der Waals surface area contributed by atoms with Crippen LogP contribution in [0.5, 0.6) is 5.75 Å². The van der Waals surface area contributed by atoms with E-state index in [0.717, 1.165) is 0 Å². The van der Waals surface area contributed by atoms with Crippen LogP contribution in [0.15, 0.2) is 48.5 Å². The molecule has 0 saturated heterocycles. The molecule has 0 atom stereocenters. The minimum atomic E-state index is -0.320. The van der Waals surface area contributed by atoms with Crippen LogP contribution in [0.25, 0.3) is 0 Å². The molecule has 0 saturated carbocycles. The summed E-state index contributed by atoms with van der Waals surface area (Å²) in [5.41, 5.74) is 1.09. The lowest BCUT2D eigenvalue weighted by molar-refractivity contribution is -0.115. The van der Waals surface area contributed by atoms with Crippen LogP contribution in [-0.2, 0) is 4.79 Å². The highest BCUT2D eigenvalue weighted by Gasteiger charge is 2.08. The van der Waals surface area contributed by atoms with E-state index in [0.29, 0.717) is 28.6 Å². The van der Waals surface area contributed by atoms with Crippen molar-refractivity contribution in [1.82, 2.24) is 5.32 Å². The van der Waals surface area contributed by atoms with Gasteiger partial charge in [-0.3, -0.25) is 9.59 Å². The van der Waals surface area contributed by atoms with E-state index < -0.39 is 0 Å². The molecule has 2 amide bonds. The van der Waals surface area contributed by atoms with Crippen LogP contribution >= 0.6 is 11.6 Å². The first kappa shape index (κ1) is 16.8. The molecular formula is C17H17ClN2O3. The van der Waals surface area contributed by atoms with Crippen LogP contribution in [0, 0.1) is 0 Å². The van der Waals surface area contributed by atoms with Gasteiger partial charge in [-0.15, -0.1) is 0 Å². The molecule has 0 aromatic heterocycles. The number of carbonyl (C=O) groups excluding carboxylic acids is 2. The maximum Gasteiger partial charge on any atom is 0.251 e. The third-order valence-corrected chi connectivity index (χ3v) is 3.22. The molecule has 2 N–H and O–H groups in total. The van der Waals surface area contributed by atoms with Crippen LogP contribution in [0.1, 0.15) is 17.3 Å². The van der Waals surface area contributed by atoms with Crippen LogP contribution in [-0.4, -0.2) is 25.0 Å². The maximum atomic E-state index is 12.0. The first-order valence-corrected chi connectivity index (χ1v) is 7.52. The minimum absolute atomic E-state index is 0.116. The van der Waals surface area contributed by atoms with Gasteiger partial charge in [0.1, 0.15) is 5.75 Å². The molecule has 0 aliphatic carbocycles. The van der Waals surface area contributed by atoms with Gasteiger partial charge >= 0.3 is 0 Å². The second-order valence-corrected chi connectivity index (χ2v) is 5.13. The summed E-state index contributed by atoms with van der Waals surface area (Å²) in [6.45, 7) is 2.34. The summed E-state index contributed by atoms with van der Waals surface area (Å²) in [5.74, 6) is 0.0652. The number of carbonyl (C=O) groups is 2. The molecule has 0 bridgehead atoms. The summed E-state index contributed by atoms with van der Waals surface area (Å²) in [6.07, 6.45) is 0. The van der Waals surface area contributed by atoms with Crippen molar-refractivity contribution in [3.05, 3.63) is 59.1 Å². The fourth-order valence-corrected chi connectivity index (χ4v) is 2.00. The van der Waals surface area contributed by atoms with Crippen molar-refractivity contribution in [3.63, 3.8) is 0 Å². The number of halogens is 1. The Morgan fingerprint density at radius 1 is 1.04 bits per heavy atom. The largest absolute Gasteiger partial charge is 0.494 e. The van der Waals surface area contributed by atoms with E-state index in [-0.39, 0.29) is 18.4 Å². The highest BCUT2D eigenvalue weighted by Crippen LogP contribution is 2.13. The zero-order chi connectivity index (χ0) is 16.7. The lowest BCUT2D eigenvalue weighted by atomic mass is 10.2. The molecular weight excluding hydrogens is 316 g/mol. The molecule has 6 heteroatoms. The molecule has 0 radical (unpaired) electrons. The van der Waals surface area contributed by atoms with Crippen LogP contribution in [0.2, 0.25) is 5.02 Å². The lowest BCUT2D eigenvalue weighted by Crippen LogP contribution is -2.32. The van der Waals surface area contributed by atoms with Gasteiger partial charge in [0.05, 0.1) is 13.2 Å². The van der Waals surface area contributed by atoms with Gasteiger partial charge in [-0.05, 0) is 55.5 Å². The Morgan fingerprint density at radius 3 is 2.30 bits per heavy atom. The summed E-state index contributed by atoms with van der Waals surface area (Å²) in [4.78, 5) is 23.8. The zero-order valence-corrected chi connectivity index (χ0v) is 13.4.